The molecule has 2 aromatic rings. The molecule has 0 heteroatoms. The minimum absolute atomic E-state index is 0.350. The molecule has 2 aromatic carbocycles. The van der Waals surface area contributed by atoms with Crippen molar-refractivity contribution >= 4 is 6.08 Å². The zero-order valence-electron chi connectivity index (χ0n) is 24.7. The minimum atomic E-state index is 0.350. The Balaban J connectivity index is 1.43. The van der Waals surface area contributed by atoms with Gasteiger partial charge in [0, 0.05) is 11.8 Å². The molecular formula is C38H48. The van der Waals surface area contributed by atoms with Crippen molar-refractivity contribution in [1.29, 1.82) is 0 Å². The van der Waals surface area contributed by atoms with E-state index < -0.39 is 0 Å². The number of hydrogen-bond acceptors (Lipinski definition) is 0. The van der Waals surface area contributed by atoms with Crippen molar-refractivity contribution in [1.82, 2.24) is 0 Å². The van der Waals surface area contributed by atoms with Gasteiger partial charge in [-0.2, -0.15) is 0 Å². The Hall–Kier alpha value is -2.60. The summed E-state index contributed by atoms with van der Waals surface area (Å²) >= 11 is 0. The third kappa shape index (κ3) is 5.29. The minimum Gasteiger partial charge on any atom is -0.0986 e. The second-order valence-corrected chi connectivity index (χ2v) is 13.4. The van der Waals surface area contributed by atoms with Gasteiger partial charge in [0.05, 0.1) is 0 Å². The van der Waals surface area contributed by atoms with Gasteiger partial charge < -0.3 is 0 Å². The number of aryl methyl sites for hydroxylation is 2. The Morgan fingerprint density at radius 3 is 2.50 bits per heavy atom. The molecule has 0 radical (unpaired) electrons. The van der Waals surface area contributed by atoms with Gasteiger partial charge in [-0.25, -0.2) is 0 Å². The van der Waals surface area contributed by atoms with Crippen molar-refractivity contribution < 1.29 is 0 Å². The van der Waals surface area contributed by atoms with Crippen LogP contribution in [-0.2, 0) is 12.8 Å². The molecular weight excluding hydrogens is 456 g/mol. The zero-order chi connectivity index (χ0) is 27.1. The first kappa shape index (κ1) is 27.0. The lowest BCUT2D eigenvalue weighted by molar-refractivity contribution is 0.203. The van der Waals surface area contributed by atoms with E-state index in [4.69, 9.17) is 0 Å². The molecule has 0 heterocycles. The van der Waals surface area contributed by atoms with Crippen LogP contribution in [-0.4, -0.2) is 0 Å². The summed E-state index contributed by atoms with van der Waals surface area (Å²) in [7, 11) is 0. The van der Waals surface area contributed by atoms with Gasteiger partial charge in [-0.3, -0.25) is 0 Å². The second-order valence-electron chi connectivity index (χ2n) is 13.4. The van der Waals surface area contributed by atoms with Crippen LogP contribution < -0.4 is 0 Å². The normalized spacial score (nSPS) is 27.1. The van der Waals surface area contributed by atoms with Crippen LogP contribution in [0.25, 0.3) is 17.2 Å². The van der Waals surface area contributed by atoms with Gasteiger partial charge >= 0.3 is 0 Å². The van der Waals surface area contributed by atoms with Crippen molar-refractivity contribution in [2.45, 2.75) is 80.1 Å². The van der Waals surface area contributed by atoms with Crippen LogP contribution in [0.1, 0.15) is 81.2 Å². The lowest BCUT2D eigenvalue weighted by atomic mass is 9.72. The molecule has 38 heavy (non-hydrogen) atoms. The topological polar surface area (TPSA) is 0 Å². The summed E-state index contributed by atoms with van der Waals surface area (Å²) in [5.74, 6) is 3.86. The van der Waals surface area contributed by atoms with Crippen molar-refractivity contribution in [3.05, 3.63) is 100 Å². The Morgan fingerprint density at radius 2 is 1.76 bits per heavy atom. The van der Waals surface area contributed by atoms with E-state index in [2.05, 4.69) is 103 Å². The Kier molecular flexibility index (Phi) is 7.72. The average molecular weight is 505 g/mol. The largest absolute Gasteiger partial charge is 0.0986 e. The highest BCUT2D eigenvalue weighted by atomic mass is 14.3. The molecule has 0 spiro atoms. The Bertz CT molecular complexity index is 1300. The van der Waals surface area contributed by atoms with Crippen molar-refractivity contribution in [2.75, 3.05) is 0 Å². The fourth-order valence-electron chi connectivity index (χ4n) is 7.73. The van der Waals surface area contributed by atoms with Crippen LogP contribution in [0.15, 0.2) is 72.4 Å². The van der Waals surface area contributed by atoms with Gasteiger partial charge in [-0.1, -0.05) is 113 Å². The maximum absolute atomic E-state index is 4.56. The van der Waals surface area contributed by atoms with Crippen molar-refractivity contribution in [3.8, 4) is 11.1 Å². The van der Waals surface area contributed by atoms with Gasteiger partial charge in [-0.15, -0.1) is 0 Å². The fraction of sp³-hybridized carbons (Fsp3) is 0.474. The van der Waals surface area contributed by atoms with Crippen LogP contribution >= 0.6 is 0 Å². The number of fused-ring (bicyclic) bond motifs is 1. The zero-order valence-corrected chi connectivity index (χ0v) is 24.7. The van der Waals surface area contributed by atoms with E-state index >= 15 is 0 Å². The summed E-state index contributed by atoms with van der Waals surface area (Å²) in [4.78, 5) is 0. The van der Waals surface area contributed by atoms with E-state index in [-0.39, 0.29) is 0 Å². The van der Waals surface area contributed by atoms with Crippen LogP contribution in [0.2, 0.25) is 0 Å². The molecule has 5 rings (SSSR count). The maximum Gasteiger partial charge on any atom is 0.00828 e. The molecule has 3 unspecified atom stereocenters. The Morgan fingerprint density at radius 1 is 0.974 bits per heavy atom. The second kappa shape index (κ2) is 10.9. The van der Waals surface area contributed by atoms with Crippen LogP contribution in [0.5, 0.6) is 0 Å². The molecule has 0 nitrogen and oxygen atoms in total. The highest BCUT2D eigenvalue weighted by Gasteiger charge is 2.30. The first-order valence-electron chi connectivity index (χ1n) is 15.1. The van der Waals surface area contributed by atoms with E-state index in [9.17, 15) is 0 Å². The van der Waals surface area contributed by atoms with Crippen LogP contribution in [0, 0.1) is 49.4 Å². The average Bonchev–Trinajstić information content (AvgIpc) is 3.27. The summed E-state index contributed by atoms with van der Waals surface area (Å²) in [6, 6.07) is 11.8. The molecule has 3 aliphatic rings. The molecule has 0 aliphatic heterocycles. The first-order chi connectivity index (χ1) is 18.1. The lowest BCUT2D eigenvalue weighted by Gasteiger charge is -2.33. The standard InChI is InChI=1S/C38H48/c1-23(2)33-15-13-26(5)35(29(33)8)20-30-19-32-10-9-11-34(37(32)21-30)38-18-25(4)17-28(7)36(38)22-31-14-12-24(3)16-27(31)6/h9-11,13,15,17-19,23-24,27,31,33,35H,5,8,12,14,16,20-22H2,1-4,6-7H3/t24?,27-,31-,33?,35?/m0/s1. The number of allylic oxidation sites excluding steroid dienone is 5. The van der Waals surface area contributed by atoms with Crippen molar-refractivity contribution in [2.24, 2.45) is 35.5 Å². The highest BCUT2D eigenvalue weighted by Crippen LogP contribution is 2.44. The van der Waals surface area contributed by atoms with Gasteiger partial charge in [0.2, 0.25) is 0 Å². The number of rotatable bonds is 6. The van der Waals surface area contributed by atoms with E-state index in [1.54, 1.807) is 5.56 Å². The monoisotopic (exact) mass is 504 g/mol. The van der Waals surface area contributed by atoms with Gasteiger partial charge in [0.15, 0.2) is 0 Å². The summed E-state index contributed by atoms with van der Waals surface area (Å²) in [5, 5.41) is 0. The van der Waals surface area contributed by atoms with E-state index in [0.717, 1.165) is 30.6 Å². The SMILES string of the molecule is C=C1C=CC(C(C)C)C(=C)C1CC1=Cc2cccc(-c3cc(C)cc(C)c3C[C@@H]3CCC(C)C[C@@H]3C)c2C1. The number of benzene rings is 2. The quantitative estimate of drug-likeness (QED) is 0.343. The molecule has 0 bridgehead atoms. The lowest BCUT2D eigenvalue weighted by Crippen LogP contribution is -2.23. The predicted molar refractivity (Wildman–Crippen MR) is 166 cm³/mol. The summed E-state index contributed by atoms with van der Waals surface area (Å²) in [6.07, 6.45) is 14.5. The molecule has 1 fully saturated rings. The van der Waals surface area contributed by atoms with E-state index in [1.165, 1.54) is 75.8 Å². The Labute approximate surface area is 232 Å². The van der Waals surface area contributed by atoms with Crippen LogP contribution in [0.3, 0.4) is 0 Å². The molecule has 1 saturated carbocycles. The molecule has 200 valence electrons. The molecule has 0 aromatic heterocycles. The first-order valence-corrected chi connectivity index (χ1v) is 15.1. The van der Waals surface area contributed by atoms with Gasteiger partial charge in [0.25, 0.3) is 0 Å². The molecule has 3 aliphatic carbocycles. The maximum atomic E-state index is 4.56. The number of hydrogen-bond donors (Lipinski definition) is 0. The molecule has 0 N–H and O–H groups in total. The molecule has 5 atom stereocenters. The van der Waals surface area contributed by atoms with E-state index in [0.29, 0.717) is 17.8 Å². The third-order valence-electron chi connectivity index (χ3n) is 9.98. The van der Waals surface area contributed by atoms with Gasteiger partial charge in [-0.05, 0) is 109 Å². The molecule has 0 saturated heterocycles. The highest BCUT2D eigenvalue weighted by molar-refractivity contribution is 5.80. The molecule has 0 amide bonds. The van der Waals surface area contributed by atoms with E-state index in [1.807, 2.05) is 0 Å². The summed E-state index contributed by atoms with van der Waals surface area (Å²) in [5.41, 5.74) is 14.4. The van der Waals surface area contributed by atoms with Gasteiger partial charge in [0.1, 0.15) is 0 Å². The summed E-state index contributed by atoms with van der Waals surface area (Å²) in [6.45, 7) is 23.1. The third-order valence-corrected chi connectivity index (χ3v) is 9.98. The van der Waals surface area contributed by atoms with Crippen LogP contribution in [0.4, 0.5) is 0 Å². The summed E-state index contributed by atoms with van der Waals surface area (Å²) < 4.78 is 0. The van der Waals surface area contributed by atoms with Crippen molar-refractivity contribution in [3.63, 3.8) is 0 Å². The fourth-order valence-corrected chi connectivity index (χ4v) is 7.73. The smallest absolute Gasteiger partial charge is 0.00828 e. The predicted octanol–water partition coefficient (Wildman–Crippen LogP) is 10.5.